The molecule has 0 aliphatic carbocycles. The molecule has 1 aliphatic rings. The molecule has 0 spiro atoms. The van der Waals surface area contributed by atoms with Gasteiger partial charge in [-0.25, -0.2) is 0 Å². The number of nitrogens with zero attached hydrogens (tertiary/aromatic N) is 1. The molecule has 1 aliphatic heterocycles. The lowest BCUT2D eigenvalue weighted by Gasteiger charge is -2.22. The smallest absolute Gasteiger partial charge is 0.258 e. The van der Waals surface area contributed by atoms with Crippen LogP contribution in [0.1, 0.15) is 16.8 Å². The largest absolute Gasteiger partial charge is 0.383 e. The molecule has 5 heteroatoms. The summed E-state index contributed by atoms with van der Waals surface area (Å²) in [5, 5.41) is 3.90. The van der Waals surface area contributed by atoms with Gasteiger partial charge < -0.3 is 10.2 Å². The number of hydrogen-bond acceptors (Lipinski definition) is 2. The average molecular weight is 366 g/mol. The van der Waals surface area contributed by atoms with E-state index in [4.69, 9.17) is 11.6 Å². The molecule has 0 radical (unpaired) electrons. The van der Waals surface area contributed by atoms with Crippen LogP contribution in [0.2, 0.25) is 5.02 Å². The van der Waals surface area contributed by atoms with Crippen molar-refractivity contribution in [2.24, 2.45) is 0 Å². The van der Waals surface area contributed by atoms with E-state index in [0.29, 0.717) is 17.1 Å². The Bertz CT molecular complexity index is 669. The third-order valence-electron chi connectivity index (χ3n) is 3.42. The molecule has 21 heavy (non-hydrogen) atoms. The van der Waals surface area contributed by atoms with Gasteiger partial charge in [-0.1, -0.05) is 39.7 Å². The second kappa shape index (κ2) is 6.08. The molecule has 0 unspecified atom stereocenters. The van der Waals surface area contributed by atoms with Gasteiger partial charge in [0.25, 0.3) is 5.91 Å². The molecule has 3 nitrogen and oxygen atoms in total. The SMILES string of the molecule is O=C(c1cc(Cl)cc(Br)c1)N1CCCNc2ccccc21. The van der Waals surface area contributed by atoms with Crippen molar-refractivity contribution in [2.75, 3.05) is 23.3 Å². The molecule has 1 N–H and O–H groups in total. The molecule has 3 rings (SSSR count). The topological polar surface area (TPSA) is 32.3 Å². The second-order valence-electron chi connectivity index (χ2n) is 4.91. The van der Waals surface area contributed by atoms with Gasteiger partial charge in [0.2, 0.25) is 0 Å². The van der Waals surface area contributed by atoms with Crippen LogP contribution in [0.4, 0.5) is 11.4 Å². The number of nitrogens with one attached hydrogen (secondary N) is 1. The Kier molecular flexibility index (Phi) is 4.17. The van der Waals surface area contributed by atoms with Crippen LogP contribution < -0.4 is 10.2 Å². The molecule has 0 bridgehead atoms. The fourth-order valence-corrected chi connectivity index (χ4v) is 3.34. The molecule has 2 aromatic carbocycles. The van der Waals surface area contributed by atoms with Crippen LogP contribution in [0.15, 0.2) is 46.9 Å². The lowest BCUT2D eigenvalue weighted by atomic mass is 10.1. The minimum atomic E-state index is -0.0330. The number of anilines is 2. The highest BCUT2D eigenvalue weighted by atomic mass is 79.9. The maximum atomic E-state index is 12.8. The predicted octanol–water partition coefficient (Wildman–Crippen LogP) is 4.56. The fourth-order valence-electron chi connectivity index (χ4n) is 2.48. The zero-order valence-electron chi connectivity index (χ0n) is 11.3. The Labute approximate surface area is 137 Å². The number of fused-ring (bicyclic) bond motifs is 1. The number of para-hydroxylation sites is 2. The summed E-state index contributed by atoms with van der Waals surface area (Å²) in [6.45, 7) is 1.55. The molecule has 1 heterocycles. The minimum absolute atomic E-state index is 0.0330. The van der Waals surface area contributed by atoms with Crippen LogP contribution in [0.25, 0.3) is 0 Å². The van der Waals surface area contributed by atoms with E-state index in [0.717, 1.165) is 28.8 Å². The van der Waals surface area contributed by atoms with Crippen LogP contribution >= 0.6 is 27.5 Å². The number of carbonyl (C=O) groups excluding carboxylic acids is 1. The first kappa shape index (κ1) is 14.4. The standard InChI is InChI=1S/C16H14BrClN2O/c17-12-8-11(9-13(18)10-12)16(21)20-7-3-6-19-14-4-1-2-5-15(14)20/h1-2,4-5,8-10,19H,3,6-7H2. The molecular formula is C16H14BrClN2O. The van der Waals surface area contributed by atoms with E-state index in [1.807, 2.05) is 29.2 Å². The van der Waals surface area contributed by atoms with Crippen LogP contribution in [0.5, 0.6) is 0 Å². The minimum Gasteiger partial charge on any atom is -0.383 e. The van der Waals surface area contributed by atoms with Gasteiger partial charge in [-0.2, -0.15) is 0 Å². The van der Waals surface area contributed by atoms with Gasteiger partial charge in [-0.3, -0.25) is 4.79 Å². The monoisotopic (exact) mass is 364 g/mol. The summed E-state index contributed by atoms with van der Waals surface area (Å²) in [5.74, 6) is -0.0330. The summed E-state index contributed by atoms with van der Waals surface area (Å²) < 4.78 is 0.805. The number of benzene rings is 2. The first-order valence-electron chi connectivity index (χ1n) is 6.76. The third-order valence-corrected chi connectivity index (χ3v) is 4.10. The van der Waals surface area contributed by atoms with E-state index in [1.165, 1.54) is 0 Å². The van der Waals surface area contributed by atoms with E-state index in [-0.39, 0.29) is 5.91 Å². The van der Waals surface area contributed by atoms with Gasteiger partial charge in [-0.05, 0) is 36.8 Å². The number of rotatable bonds is 1. The van der Waals surface area contributed by atoms with Crippen LogP contribution in [-0.2, 0) is 0 Å². The highest BCUT2D eigenvalue weighted by Crippen LogP contribution is 2.30. The Morgan fingerprint density at radius 3 is 2.86 bits per heavy atom. The van der Waals surface area contributed by atoms with E-state index < -0.39 is 0 Å². The van der Waals surface area contributed by atoms with Gasteiger partial charge in [0.05, 0.1) is 11.4 Å². The number of amides is 1. The van der Waals surface area contributed by atoms with E-state index in [2.05, 4.69) is 21.2 Å². The number of hydrogen-bond donors (Lipinski definition) is 1. The summed E-state index contributed by atoms with van der Waals surface area (Å²) in [5.41, 5.74) is 2.49. The molecule has 0 saturated carbocycles. The van der Waals surface area contributed by atoms with Crippen molar-refractivity contribution in [3.8, 4) is 0 Å². The third kappa shape index (κ3) is 3.06. The quantitative estimate of drug-likeness (QED) is 0.803. The summed E-state index contributed by atoms with van der Waals surface area (Å²) in [6.07, 6.45) is 0.905. The zero-order valence-corrected chi connectivity index (χ0v) is 13.6. The second-order valence-corrected chi connectivity index (χ2v) is 6.26. The van der Waals surface area contributed by atoms with Crippen molar-refractivity contribution in [2.45, 2.75) is 6.42 Å². The van der Waals surface area contributed by atoms with Crippen molar-refractivity contribution in [1.29, 1.82) is 0 Å². The van der Waals surface area contributed by atoms with Gasteiger partial charge in [0, 0.05) is 28.1 Å². The van der Waals surface area contributed by atoms with Crippen molar-refractivity contribution >= 4 is 44.8 Å². The fraction of sp³-hybridized carbons (Fsp3) is 0.188. The summed E-state index contributed by atoms with van der Waals surface area (Å²) >= 11 is 9.44. The molecule has 0 saturated heterocycles. The van der Waals surface area contributed by atoms with E-state index in [1.54, 1.807) is 18.2 Å². The van der Waals surface area contributed by atoms with Crippen LogP contribution in [-0.4, -0.2) is 19.0 Å². The Morgan fingerprint density at radius 1 is 1.24 bits per heavy atom. The highest BCUT2D eigenvalue weighted by molar-refractivity contribution is 9.10. The lowest BCUT2D eigenvalue weighted by Crippen LogP contribution is -2.31. The summed E-state index contributed by atoms with van der Waals surface area (Å²) in [4.78, 5) is 14.7. The van der Waals surface area contributed by atoms with Crippen LogP contribution in [0.3, 0.4) is 0 Å². The Morgan fingerprint density at radius 2 is 2.05 bits per heavy atom. The van der Waals surface area contributed by atoms with E-state index >= 15 is 0 Å². The molecule has 0 fully saturated rings. The lowest BCUT2D eigenvalue weighted by molar-refractivity contribution is 0.0987. The Balaban J connectivity index is 2.01. The van der Waals surface area contributed by atoms with Crippen molar-refractivity contribution in [1.82, 2.24) is 0 Å². The molecule has 2 aromatic rings. The maximum Gasteiger partial charge on any atom is 0.258 e. The van der Waals surface area contributed by atoms with Gasteiger partial charge in [0.15, 0.2) is 0 Å². The molecule has 0 aromatic heterocycles. The molecule has 0 atom stereocenters. The first-order chi connectivity index (χ1) is 10.1. The van der Waals surface area contributed by atoms with Crippen molar-refractivity contribution in [3.63, 3.8) is 0 Å². The van der Waals surface area contributed by atoms with Crippen molar-refractivity contribution < 1.29 is 4.79 Å². The highest BCUT2D eigenvalue weighted by Gasteiger charge is 2.22. The van der Waals surface area contributed by atoms with Crippen molar-refractivity contribution in [3.05, 3.63) is 57.5 Å². The summed E-state index contributed by atoms with van der Waals surface area (Å²) in [6, 6.07) is 13.1. The number of carbonyl (C=O) groups is 1. The summed E-state index contributed by atoms with van der Waals surface area (Å²) in [7, 11) is 0. The molecule has 108 valence electrons. The van der Waals surface area contributed by atoms with E-state index in [9.17, 15) is 4.79 Å². The maximum absolute atomic E-state index is 12.8. The van der Waals surface area contributed by atoms with Gasteiger partial charge in [0.1, 0.15) is 0 Å². The van der Waals surface area contributed by atoms with Gasteiger partial charge >= 0.3 is 0 Å². The van der Waals surface area contributed by atoms with Gasteiger partial charge in [-0.15, -0.1) is 0 Å². The Hall–Kier alpha value is -1.52. The normalized spacial score (nSPS) is 14.1. The molecule has 1 amide bonds. The molecular weight excluding hydrogens is 352 g/mol. The first-order valence-corrected chi connectivity index (χ1v) is 7.93. The van der Waals surface area contributed by atoms with Crippen LogP contribution in [0, 0.1) is 0 Å². The average Bonchev–Trinajstić information content (AvgIpc) is 2.68. The predicted molar refractivity (Wildman–Crippen MR) is 90.4 cm³/mol. The number of halogens is 2. The zero-order chi connectivity index (χ0) is 14.8.